The molecule has 13 heavy (non-hydrogen) atoms. The van der Waals surface area contributed by atoms with Gasteiger partial charge in [0.1, 0.15) is 0 Å². The van der Waals surface area contributed by atoms with Crippen LogP contribution in [0.5, 0.6) is 0 Å². The molecule has 0 atom stereocenters. The predicted octanol–water partition coefficient (Wildman–Crippen LogP) is 1.87. The maximum atomic E-state index is 12.5. The fourth-order valence-electron chi connectivity index (χ4n) is 0.768. The first-order valence-electron chi connectivity index (χ1n) is 3.44. The molecule has 0 aliphatic carbocycles. The molecular weight excluding hydrogens is 183 g/mol. The molecule has 0 unspecified atom stereocenters. The zero-order chi connectivity index (χ0) is 9.84. The van der Waals surface area contributed by atoms with Crippen molar-refractivity contribution in [3.8, 4) is 0 Å². The van der Waals surface area contributed by atoms with Crippen LogP contribution in [-0.4, -0.2) is 12.6 Å². The number of amides is 1. The summed E-state index contributed by atoms with van der Waals surface area (Å²) in [7, 11) is 0. The number of rotatable bonds is 2. The SMILES string of the molecule is O=C(CF)Nc1ccc(F)c(F)c1. The number of hydrogen-bond donors (Lipinski definition) is 1. The van der Waals surface area contributed by atoms with Crippen LogP contribution in [0.4, 0.5) is 18.9 Å². The highest BCUT2D eigenvalue weighted by atomic mass is 19.2. The van der Waals surface area contributed by atoms with Gasteiger partial charge in [0.15, 0.2) is 18.3 Å². The van der Waals surface area contributed by atoms with Gasteiger partial charge in [-0.25, -0.2) is 13.2 Å². The fraction of sp³-hybridized carbons (Fsp3) is 0.125. The van der Waals surface area contributed by atoms with E-state index in [0.717, 1.165) is 18.2 Å². The molecule has 0 aromatic heterocycles. The van der Waals surface area contributed by atoms with Crippen molar-refractivity contribution in [2.24, 2.45) is 0 Å². The molecule has 1 rings (SSSR count). The van der Waals surface area contributed by atoms with E-state index in [1.807, 2.05) is 5.32 Å². The van der Waals surface area contributed by atoms with Crippen LogP contribution in [0.2, 0.25) is 0 Å². The molecule has 2 nitrogen and oxygen atoms in total. The summed E-state index contributed by atoms with van der Waals surface area (Å²) in [6.45, 7) is -1.20. The topological polar surface area (TPSA) is 29.1 Å². The normalized spacial score (nSPS) is 9.77. The number of anilines is 1. The van der Waals surface area contributed by atoms with Gasteiger partial charge in [-0.05, 0) is 12.1 Å². The zero-order valence-electron chi connectivity index (χ0n) is 6.48. The molecule has 0 bridgehead atoms. The van der Waals surface area contributed by atoms with Gasteiger partial charge >= 0.3 is 0 Å². The van der Waals surface area contributed by atoms with E-state index in [1.54, 1.807) is 0 Å². The van der Waals surface area contributed by atoms with Gasteiger partial charge < -0.3 is 5.32 Å². The Morgan fingerprint density at radius 1 is 1.31 bits per heavy atom. The third-order valence-electron chi connectivity index (χ3n) is 1.32. The maximum absolute atomic E-state index is 12.5. The lowest BCUT2D eigenvalue weighted by Crippen LogP contribution is -2.13. The van der Waals surface area contributed by atoms with Crippen molar-refractivity contribution in [1.29, 1.82) is 0 Å². The predicted molar refractivity (Wildman–Crippen MR) is 41.0 cm³/mol. The summed E-state index contributed by atoms with van der Waals surface area (Å²) in [4.78, 5) is 10.5. The Labute approximate surface area is 72.4 Å². The summed E-state index contributed by atoms with van der Waals surface area (Å²) in [6.07, 6.45) is 0. The Kier molecular flexibility index (Phi) is 2.89. The van der Waals surface area contributed by atoms with Gasteiger partial charge in [-0.2, -0.15) is 0 Å². The molecule has 70 valence electrons. The highest BCUT2D eigenvalue weighted by Crippen LogP contribution is 2.12. The minimum Gasteiger partial charge on any atom is -0.324 e. The Morgan fingerprint density at radius 2 is 2.00 bits per heavy atom. The lowest BCUT2D eigenvalue weighted by molar-refractivity contribution is -0.117. The molecule has 0 spiro atoms. The van der Waals surface area contributed by atoms with Gasteiger partial charge in [-0.1, -0.05) is 0 Å². The van der Waals surface area contributed by atoms with Crippen molar-refractivity contribution >= 4 is 11.6 Å². The van der Waals surface area contributed by atoms with Crippen molar-refractivity contribution in [3.05, 3.63) is 29.8 Å². The molecule has 1 aromatic rings. The quantitative estimate of drug-likeness (QED) is 0.756. The number of benzene rings is 1. The number of carbonyl (C=O) groups is 1. The van der Waals surface area contributed by atoms with E-state index < -0.39 is 24.2 Å². The summed E-state index contributed by atoms with van der Waals surface area (Å²) in [5.74, 6) is -3.00. The second-order valence-electron chi connectivity index (χ2n) is 2.31. The molecule has 1 N–H and O–H groups in total. The first-order valence-corrected chi connectivity index (χ1v) is 3.44. The van der Waals surface area contributed by atoms with Crippen LogP contribution in [0, 0.1) is 11.6 Å². The average molecular weight is 189 g/mol. The van der Waals surface area contributed by atoms with E-state index in [2.05, 4.69) is 0 Å². The van der Waals surface area contributed by atoms with Crippen molar-refractivity contribution in [2.75, 3.05) is 12.0 Å². The van der Waals surface area contributed by atoms with Crippen molar-refractivity contribution in [2.45, 2.75) is 0 Å². The van der Waals surface area contributed by atoms with E-state index in [9.17, 15) is 18.0 Å². The van der Waals surface area contributed by atoms with Crippen LogP contribution in [0.25, 0.3) is 0 Å². The average Bonchev–Trinajstić information content (AvgIpc) is 2.11. The molecule has 1 amide bonds. The van der Waals surface area contributed by atoms with E-state index in [-0.39, 0.29) is 5.69 Å². The minimum absolute atomic E-state index is 0.0292. The molecule has 0 saturated heterocycles. The maximum Gasteiger partial charge on any atom is 0.255 e. The molecule has 0 aliphatic heterocycles. The van der Waals surface area contributed by atoms with E-state index in [0.29, 0.717) is 0 Å². The van der Waals surface area contributed by atoms with Crippen molar-refractivity contribution in [3.63, 3.8) is 0 Å². The van der Waals surface area contributed by atoms with Gasteiger partial charge in [0, 0.05) is 11.8 Å². The second kappa shape index (κ2) is 3.93. The van der Waals surface area contributed by atoms with Crippen LogP contribution >= 0.6 is 0 Å². The van der Waals surface area contributed by atoms with Gasteiger partial charge in [-0.3, -0.25) is 4.79 Å². The highest BCUT2D eigenvalue weighted by molar-refractivity contribution is 5.91. The molecular formula is C8H6F3NO. The minimum atomic E-state index is -1.20. The highest BCUT2D eigenvalue weighted by Gasteiger charge is 2.04. The van der Waals surface area contributed by atoms with Crippen LogP contribution < -0.4 is 5.32 Å². The van der Waals surface area contributed by atoms with Gasteiger partial charge in [0.25, 0.3) is 5.91 Å². The number of hydrogen-bond acceptors (Lipinski definition) is 1. The van der Waals surface area contributed by atoms with Crippen LogP contribution in [0.1, 0.15) is 0 Å². The Bertz CT molecular complexity index is 327. The number of carbonyl (C=O) groups excluding carboxylic acids is 1. The summed E-state index contributed by atoms with van der Waals surface area (Å²) < 4.78 is 36.5. The second-order valence-corrected chi connectivity index (χ2v) is 2.31. The molecule has 0 fully saturated rings. The standard InChI is InChI=1S/C8H6F3NO/c9-4-8(13)12-5-1-2-6(10)7(11)3-5/h1-3H,4H2,(H,12,13). The first-order chi connectivity index (χ1) is 6.13. The van der Waals surface area contributed by atoms with Crippen LogP contribution in [0.3, 0.4) is 0 Å². The molecule has 0 heterocycles. The fourth-order valence-corrected chi connectivity index (χ4v) is 0.768. The Balaban J connectivity index is 2.79. The number of nitrogens with one attached hydrogen (secondary N) is 1. The molecule has 0 radical (unpaired) electrons. The lowest BCUT2D eigenvalue weighted by Gasteiger charge is -2.01. The van der Waals surface area contributed by atoms with Gasteiger partial charge in [-0.15, -0.1) is 0 Å². The number of halogens is 3. The zero-order valence-corrected chi connectivity index (χ0v) is 6.48. The van der Waals surface area contributed by atoms with E-state index in [1.165, 1.54) is 0 Å². The lowest BCUT2D eigenvalue weighted by atomic mass is 10.3. The Hall–Kier alpha value is -1.52. The number of alkyl halides is 1. The van der Waals surface area contributed by atoms with Crippen LogP contribution in [0.15, 0.2) is 18.2 Å². The van der Waals surface area contributed by atoms with E-state index >= 15 is 0 Å². The first kappa shape index (κ1) is 9.57. The summed E-state index contributed by atoms with van der Waals surface area (Å²) in [5, 5.41) is 2.04. The summed E-state index contributed by atoms with van der Waals surface area (Å²) >= 11 is 0. The van der Waals surface area contributed by atoms with Gasteiger partial charge in [0.2, 0.25) is 0 Å². The van der Waals surface area contributed by atoms with Crippen molar-refractivity contribution in [1.82, 2.24) is 0 Å². The van der Waals surface area contributed by atoms with Crippen molar-refractivity contribution < 1.29 is 18.0 Å². The monoisotopic (exact) mass is 189 g/mol. The summed E-state index contributed by atoms with van der Waals surface area (Å²) in [5.41, 5.74) is 0.0292. The molecule has 0 saturated carbocycles. The largest absolute Gasteiger partial charge is 0.324 e. The van der Waals surface area contributed by atoms with E-state index in [4.69, 9.17) is 0 Å². The molecule has 0 aliphatic rings. The third kappa shape index (κ3) is 2.47. The summed E-state index contributed by atoms with van der Waals surface area (Å²) in [6, 6.07) is 2.78. The third-order valence-corrected chi connectivity index (χ3v) is 1.32. The molecule has 1 aromatic carbocycles. The van der Waals surface area contributed by atoms with Crippen LogP contribution in [-0.2, 0) is 4.79 Å². The molecule has 5 heteroatoms. The Morgan fingerprint density at radius 3 is 2.54 bits per heavy atom. The van der Waals surface area contributed by atoms with Gasteiger partial charge in [0.05, 0.1) is 0 Å². The smallest absolute Gasteiger partial charge is 0.255 e.